The summed E-state index contributed by atoms with van der Waals surface area (Å²) in [5.74, 6) is -0.289. The molecule has 3 saturated heterocycles. The molecule has 0 unspecified atom stereocenters. The minimum Gasteiger partial charge on any atom is -0.387 e. The molecule has 3 fully saturated rings. The lowest BCUT2D eigenvalue weighted by Gasteiger charge is -2.42. The van der Waals surface area contributed by atoms with Gasteiger partial charge < -0.3 is 36.0 Å². The van der Waals surface area contributed by atoms with E-state index in [1.165, 1.54) is 7.05 Å². The number of urea groups is 2. The van der Waals surface area contributed by atoms with Gasteiger partial charge >= 0.3 is 18.2 Å². The molecule has 6 rings (SSSR count). The maximum Gasteiger partial charge on any atom is 0.418 e. The molecule has 0 aliphatic carbocycles. The fraction of sp³-hybridized carbons (Fsp3) is 0.583. The quantitative estimate of drug-likeness (QED) is 0.347. The topological polar surface area (TPSA) is 112 Å². The third-order valence-electron chi connectivity index (χ3n) is 10.8. The monoisotopic (exact) mass is 698 g/mol. The number of hydrogen-bond acceptors (Lipinski definition) is 6. The molecule has 4 heterocycles. The Hall–Kier alpha value is -4.04. The lowest BCUT2D eigenvalue weighted by Crippen LogP contribution is -2.59. The zero-order chi connectivity index (χ0) is 35.4. The summed E-state index contributed by atoms with van der Waals surface area (Å²) < 4.78 is 42.2. The zero-order valence-corrected chi connectivity index (χ0v) is 29.0. The minimum atomic E-state index is -4.59. The van der Waals surface area contributed by atoms with Gasteiger partial charge in [-0.15, -0.1) is 0 Å². The zero-order valence-electron chi connectivity index (χ0n) is 29.0. The number of amides is 5. The molecule has 14 heteroatoms. The molecule has 1 atom stereocenters. The maximum atomic E-state index is 14.1. The summed E-state index contributed by atoms with van der Waals surface area (Å²) in [5.41, 5.74) is 1.83. The van der Waals surface area contributed by atoms with Gasteiger partial charge in [0.25, 0.3) is 0 Å². The summed E-state index contributed by atoms with van der Waals surface area (Å²) in [7, 11) is 1.45. The Balaban J connectivity index is 1.13. The molecule has 4 aliphatic heterocycles. The number of carbonyl (C=O) groups excluding carboxylic acids is 3. The molecule has 272 valence electrons. The molecule has 2 aromatic carbocycles. The average molecular weight is 699 g/mol. The SMILES string of the molecule is CNc1c(C)cc(C[C@@H](NC(=O)N2CCC(N3CCc4ccccc4NC3=O)CC2)C(=O)N2CCN(C3CCNCC3)CC2)cc1C(F)(F)F. The highest BCUT2D eigenvalue weighted by atomic mass is 19.4. The second-order valence-electron chi connectivity index (χ2n) is 13.9. The van der Waals surface area contributed by atoms with Crippen LogP contribution in [0.2, 0.25) is 0 Å². The fourth-order valence-electron chi connectivity index (χ4n) is 8.03. The summed E-state index contributed by atoms with van der Waals surface area (Å²) in [6, 6.07) is 9.30. The lowest BCUT2D eigenvalue weighted by atomic mass is 9.97. The first-order chi connectivity index (χ1) is 24.0. The van der Waals surface area contributed by atoms with Crippen LogP contribution >= 0.6 is 0 Å². The van der Waals surface area contributed by atoms with Crippen LogP contribution in [0.5, 0.6) is 0 Å². The molecule has 5 amide bonds. The highest BCUT2D eigenvalue weighted by molar-refractivity contribution is 5.91. The molecule has 0 radical (unpaired) electrons. The Morgan fingerprint density at radius 2 is 1.62 bits per heavy atom. The largest absolute Gasteiger partial charge is 0.418 e. The van der Waals surface area contributed by atoms with Gasteiger partial charge in [0.1, 0.15) is 6.04 Å². The van der Waals surface area contributed by atoms with E-state index < -0.39 is 23.8 Å². The van der Waals surface area contributed by atoms with Crippen LogP contribution < -0.4 is 21.3 Å². The second kappa shape index (κ2) is 15.5. The van der Waals surface area contributed by atoms with Crippen molar-refractivity contribution in [2.24, 2.45) is 0 Å². The number of benzene rings is 2. The number of rotatable bonds is 7. The molecule has 50 heavy (non-hydrogen) atoms. The number of para-hydroxylation sites is 1. The molecule has 0 aromatic heterocycles. The van der Waals surface area contributed by atoms with Gasteiger partial charge in [-0.25, -0.2) is 9.59 Å². The predicted octanol–water partition coefficient (Wildman–Crippen LogP) is 4.13. The van der Waals surface area contributed by atoms with E-state index in [0.29, 0.717) is 75.8 Å². The van der Waals surface area contributed by atoms with E-state index in [1.54, 1.807) is 22.8 Å². The van der Waals surface area contributed by atoms with Crippen LogP contribution in [0.1, 0.15) is 47.9 Å². The number of halogens is 3. The summed E-state index contributed by atoms with van der Waals surface area (Å²) >= 11 is 0. The molecule has 0 spiro atoms. The molecule has 2 aromatic rings. The molecule has 4 N–H and O–H groups in total. The van der Waals surface area contributed by atoms with Crippen molar-refractivity contribution in [1.82, 2.24) is 30.2 Å². The summed E-state index contributed by atoms with van der Waals surface area (Å²) in [4.78, 5) is 48.6. The van der Waals surface area contributed by atoms with E-state index in [2.05, 4.69) is 26.2 Å². The number of likely N-dealkylation sites (tertiary alicyclic amines) is 1. The van der Waals surface area contributed by atoms with Crippen LogP contribution in [0.25, 0.3) is 0 Å². The van der Waals surface area contributed by atoms with Crippen LogP contribution in [0.15, 0.2) is 36.4 Å². The van der Waals surface area contributed by atoms with Crippen LogP contribution in [0, 0.1) is 6.92 Å². The number of carbonyl (C=O) groups is 3. The van der Waals surface area contributed by atoms with E-state index in [-0.39, 0.29) is 30.1 Å². The Kier molecular flexibility index (Phi) is 11.1. The van der Waals surface area contributed by atoms with Gasteiger partial charge in [-0.05, 0) is 80.9 Å². The van der Waals surface area contributed by atoms with Crippen molar-refractivity contribution >= 4 is 29.3 Å². The number of nitrogens with one attached hydrogen (secondary N) is 4. The molecule has 0 bridgehead atoms. The van der Waals surface area contributed by atoms with Gasteiger partial charge in [-0.1, -0.05) is 24.3 Å². The number of aryl methyl sites for hydroxylation is 1. The average Bonchev–Trinajstić information content (AvgIpc) is 3.29. The van der Waals surface area contributed by atoms with Crippen molar-refractivity contribution in [2.45, 2.75) is 69.8 Å². The Labute approximate surface area is 291 Å². The number of piperidine rings is 2. The van der Waals surface area contributed by atoms with Crippen LogP contribution in [0.4, 0.5) is 34.1 Å². The van der Waals surface area contributed by atoms with Gasteiger partial charge in [0, 0.05) is 82.7 Å². The van der Waals surface area contributed by atoms with Gasteiger partial charge in [0.15, 0.2) is 0 Å². The maximum absolute atomic E-state index is 14.1. The normalized spacial score (nSPS) is 20.5. The van der Waals surface area contributed by atoms with E-state index >= 15 is 0 Å². The second-order valence-corrected chi connectivity index (χ2v) is 13.9. The van der Waals surface area contributed by atoms with Crippen molar-refractivity contribution in [1.29, 1.82) is 0 Å². The minimum absolute atomic E-state index is 0.00737. The van der Waals surface area contributed by atoms with Crippen molar-refractivity contribution in [3.63, 3.8) is 0 Å². The first-order valence-corrected chi connectivity index (χ1v) is 17.8. The highest BCUT2D eigenvalue weighted by Crippen LogP contribution is 2.37. The van der Waals surface area contributed by atoms with E-state index in [4.69, 9.17) is 0 Å². The molecular weight excluding hydrogens is 649 g/mol. The number of hydrogen-bond donors (Lipinski definition) is 4. The number of fused-ring (bicyclic) bond motifs is 1. The summed E-state index contributed by atoms with van der Waals surface area (Å²) in [6.45, 7) is 7.32. The van der Waals surface area contributed by atoms with Crippen molar-refractivity contribution in [3.05, 3.63) is 58.7 Å². The third kappa shape index (κ3) is 8.12. The van der Waals surface area contributed by atoms with Gasteiger partial charge in [-0.2, -0.15) is 13.2 Å². The van der Waals surface area contributed by atoms with Gasteiger partial charge in [0.05, 0.1) is 5.56 Å². The van der Waals surface area contributed by atoms with Crippen molar-refractivity contribution in [2.75, 3.05) is 76.6 Å². The highest BCUT2D eigenvalue weighted by Gasteiger charge is 2.37. The van der Waals surface area contributed by atoms with Gasteiger partial charge in [0.2, 0.25) is 5.91 Å². The number of alkyl halides is 3. The molecular formula is C36H49F3N8O3. The Morgan fingerprint density at radius 3 is 2.30 bits per heavy atom. The lowest BCUT2D eigenvalue weighted by molar-refractivity contribution is -0.137. The van der Waals surface area contributed by atoms with E-state index in [0.717, 1.165) is 49.7 Å². The van der Waals surface area contributed by atoms with Crippen LogP contribution in [-0.2, 0) is 23.8 Å². The third-order valence-corrected chi connectivity index (χ3v) is 10.8. The standard InChI is InChI=1S/C36H49F3N8O3/c1-24-21-25(22-29(32(24)40-2)36(37,38)39)23-31(33(48)45-19-17-44(18-20-45)27-7-12-41-13-8-27)43-34(49)46-14-10-28(11-15-46)47-16-9-26-5-3-4-6-30(26)42-35(47)50/h3-6,21-22,27-28,31,40-41H,7-20,23H2,1-2H3,(H,42,50)(H,43,49)/t31-/m1/s1. The first kappa shape index (κ1) is 35.8. The van der Waals surface area contributed by atoms with E-state index in [1.807, 2.05) is 29.2 Å². The number of anilines is 2. The molecule has 0 saturated carbocycles. The molecule has 4 aliphatic rings. The Morgan fingerprint density at radius 1 is 0.920 bits per heavy atom. The van der Waals surface area contributed by atoms with Crippen molar-refractivity contribution in [3.8, 4) is 0 Å². The smallest absolute Gasteiger partial charge is 0.387 e. The summed E-state index contributed by atoms with van der Waals surface area (Å²) in [6.07, 6.45) is -0.660. The van der Waals surface area contributed by atoms with Crippen LogP contribution in [-0.4, -0.2) is 122 Å². The Bertz CT molecular complexity index is 1530. The molecule has 11 nitrogen and oxygen atoms in total. The van der Waals surface area contributed by atoms with Crippen molar-refractivity contribution < 1.29 is 27.6 Å². The first-order valence-electron chi connectivity index (χ1n) is 17.8. The summed E-state index contributed by atoms with van der Waals surface area (Å²) in [5, 5.41) is 12.0. The fourth-order valence-corrected chi connectivity index (χ4v) is 8.03. The van der Waals surface area contributed by atoms with Crippen LogP contribution in [0.3, 0.4) is 0 Å². The van der Waals surface area contributed by atoms with Gasteiger partial charge in [-0.3, -0.25) is 9.69 Å². The number of nitrogens with zero attached hydrogens (tertiary/aromatic N) is 4. The number of piperazine rings is 1. The predicted molar refractivity (Wildman–Crippen MR) is 186 cm³/mol. The van der Waals surface area contributed by atoms with E-state index in [9.17, 15) is 27.6 Å².